The minimum absolute atomic E-state index is 0.0551. The highest BCUT2D eigenvalue weighted by molar-refractivity contribution is 5.98. The number of amides is 1. The lowest BCUT2D eigenvalue weighted by molar-refractivity contribution is -0.141. The van der Waals surface area contributed by atoms with Gasteiger partial charge in [-0.15, -0.1) is 0 Å². The van der Waals surface area contributed by atoms with Crippen molar-refractivity contribution in [3.8, 4) is 0 Å². The molecule has 1 amide bonds. The molecule has 27 heavy (non-hydrogen) atoms. The van der Waals surface area contributed by atoms with Gasteiger partial charge in [-0.05, 0) is 30.0 Å². The van der Waals surface area contributed by atoms with E-state index in [1.54, 1.807) is 18.2 Å². The van der Waals surface area contributed by atoms with Crippen LogP contribution in [0.25, 0.3) is 0 Å². The molecule has 0 spiro atoms. The van der Waals surface area contributed by atoms with Crippen LogP contribution in [0.4, 0.5) is 4.39 Å². The Hall–Kier alpha value is -3.02. The Balaban J connectivity index is 1.77. The third-order valence-corrected chi connectivity index (χ3v) is 3.95. The Labute approximate surface area is 157 Å². The summed E-state index contributed by atoms with van der Waals surface area (Å²) in [6.45, 7) is 1.70. The average molecular weight is 371 g/mol. The number of Topliss-reactive ketones (excluding diaryl/α,β-unsaturated/α-hetero) is 1. The van der Waals surface area contributed by atoms with Gasteiger partial charge in [0.1, 0.15) is 5.82 Å². The van der Waals surface area contributed by atoms with Crippen LogP contribution < -0.4 is 5.32 Å². The van der Waals surface area contributed by atoms with Crippen LogP contribution in [0.3, 0.4) is 0 Å². The van der Waals surface area contributed by atoms with Gasteiger partial charge in [-0.3, -0.25) is 14.4 Å². The van der Waals surface area contributed by atoms with Crippen molar-refractivity contribution in [3.63, 3.8) is 0 Å². The number of esters is 1. The van der Waals surface area contributed by atoms with Gasteiger partial charge in [0, 0.05) is 19.0 Å². The van der Waals surface area contributed by atoms with E-state index in [0.29, 0.717) is 12.1 Å². The zero-order chi connectivity index (χ0) is 19.6. The highest BCUT2D eigenvalue weighted by Gasteiger charge is 2.12. The van der Waals surface area contributed by atoms with Crippen molar-refractivity contribution in [2.75, 3.05) is 13.2 Å². The van der Waals surface area contributed by atoms with E-state index in [-0.39, 0.29) is 30.3 Å². The molecule has 1 N–H and O–H groups in total. The van der Waals surface area contributed by atoms with Crippen molar-refractivity contribution < 1.29 is 23.5 Å². The Morgan fingerprint density at radius 3 is 2.41 bits per heavy atom. The van der Waals surface area contributed by atoms with Gasteiger partial charge in [0.05, 0.1) is 6.42 Å². The molecule has 0 aliphatic carbocycles. The van der Waals surface area contributed by atoms with Crippen molar-refractivity contribution in [1.82, 2.24) is 5.32 Å². The first-order chi connectivity index (χ1) is 13.0. The molecule has 0 aliphatic heterocycles. The number of rotatable bonds is 9. The van der Waals surface area contributed by atoms with Crippen LogP contribution in [0.15, 0.2) is 48.5 Å². The molecular weight excluding hydrogens is 349 g/mol. The largest absolute Gasteiger partial charge is 0.457 e. The molecule has 2 rings (SSSR count). The number of carbonyl (C=O) groups is 3. The van der Waals surface area contributed by atoms with Crippen LogP contribution >= 0.6 is 0 Å². The molecule has 5 nitrogen and oxygen atoms in total. The number of benzene rings is 2. The van der Waals surface area contributed by atoms with E-state index in [1.807, 2.05) is 12.1 Å². The summed E-state index contributed by atoms with van der Waals surface area (Å²) in [6.07, 6.45) is 1.38. The fourth-order valence-electron chi connectivity index (χ4n) is 2.49. The molecule has 0 saturated carbocycles. The van der Waals surface area contributed by atoms with Gasteiger partial charge in [0.25, 0.3) is 0 Å². The summed E-state index contributed by atoms with van der Waals surface area (Å²) in [4.78, 5) is 34.7. The number of ether oxygens (including phenoxy) is 1. The molecule has 6 heteroatoms. The average Bonchev–Trinajstić information content (AvgIpc) is 2.65. The summed E-state index contributed by atoms with van der Waals surface area (Å²) in [7, 11) is 0. The molecule has 0 aliphatic rings. The van der Waals surface area contributed by atoms with Gasteiger partial charge in [-0.1, -0.05) is 42.5 Å². The molecule has 0 saturated heterocycles. The van der Waals surface area contributed by atoms with E-state index in [1.165, 1.54) is 25.1 Å². The summed E-state index contributed by atoms with van der Waals surface area (Å²) in [5.74, 6) is -1.50. The first kappa shape index (κ1) is 20.3. The van der Waals surface area contributed by atoms with E-state index < -0.39 is 11.8 Å². The Kier molecular flexibility index (Phi) is 7.67. The van der Waals surface area contributed by atoms with Gasteiger partial charge in [-0.2, -0.15) is 0 Å². The van der Waals surface area contributed by atoms with E-state index in [0.717, 1.165) is 18.4 Å². The summed E-state index contributed by atoms with van der Waals surface area (Å²) in [5, 5.41) is 2.73. The highest BCUT2D eigenvalue weighted by Crippen LogP contribution is 2.10. The van der Waals surface area contributed by atoms with E-state index in [9.17, 15) is 18.8 Å². The van der Waals surface area contributed by atoms with Gasteiger partial charge in [0.2, 0.25) is 5.91 Å². The normalized spacial score (nSPS) is 10.3. The van der Waals surface area contributed by atoms with Crippen LogP contribution in [-0.4, -0.2) is 30.8 Å². The van der Waals surface area contributed by atoms with Crippen LogP contribution in [0, 0.1) is 5.82 Å². The van der Waals surface area contributed by atoms with Gasteiger partial charge in [-0.25, -0.2) is 4.39 Å². The fourth-order valence-corrected chi connectivity index (χ4v) is 2.49. The molecule has 0 unspecified atom stereocenters. The second-order valence-corrected chi connectivity index (χ2v) is 6.14. The minimum atomic E-state index is -0.650. The second kappa shape index (κ2) is 10.2. The predicted octanol–water partition coefficient (Wildman–Crippen LogP) is 2.86. The number of hydrogen-bond donors (Lipinski definition) is 1. The fraction of sp³-hybridized carbons (Fsp3) is 0.286. The first-order valence-corrected chi connectivity index (χ1v) is 8.71. The lowest BCUT2D eigenvalue weighted by Gasteiger charge is -2.07. The number of hydrogen-bond acceptors (Lipinski definition) is 4. The quantitative estimate of drug-likeness (QED) is 0.418. The predicted molar refractivity (Wildman–Crippen MR) is 98.8 cm³/mol. The number of halogens is 1. The molecule has 0 fully saturated rings. The third kappa shape index (κ3) is 7.01. The first-order valence-electron chi connectivity index (χ1n) is 8.71. The van der Waals surface area contributed by atoms with E-state index >= 15 is 0 Å². The standard InChI is InChI=1S/C21H22FNO4/c1-15(24)23-12-4-5-16-8-10-17(11-9-16)20(25)14-27-21(26)13-18-6-2-3-7-19(18)22/h2-3,6-11H,4-5,12-14H2,1H3,(H,23,24). The Bertz CT molecular complexity index is 802. The topological polar surface area (TPSA) is 72.5 Å². The molecule has 2 aromatic carbocycles. The number of carbonyl (C=O) groups excluding carboxylic acids is 3. The zero-order valence-electron chi connectivity index (χ0n) is 15.2. The van der Waals surface area contributed by atoms with E-state index in [2.05, 4.69) is 5.32 Å². The molecule has 2 aromatic rings. The number of ketones is 1. The van der Waals surface area contributed by atoms with Crippen LogP contribution in [0.2, 0.25) is 0 Å². The molecule has 0 heterocycles. The lowest BCUT2D eigenvalue weighted by atomic mass is 10.1. The summed E-state index contributed by atoms with van der Waals surface area (Å²) in [6, 6.07) is 13.0. The zero-order valence-corrected chi connectivity index (χ0v) is 15.2. The van der Waals surface area contributed by atoms with Crippen LogP contribution in [0.5, 0.6) is 0 Å². The lowest BCUT2D eigenvalue weighted by Crippen LogP contribution is -2.21. The van der Waals surface area contributed by atoms with Gasteiger partial charge in [0.15, 0.2) is 12.4 Å². The SMILES string of the molecule is CC(=O)NCCCc1ccc(C(=O)COC(=O)Cc2ccccc2F)cc1. The molecule has 0 atom stereocenters. The summed E-state index contributed by atoms with van der Waals surface area (Å²) >= 11 is 0. The van der Waals surface area contributed by atoms with Crippen LogP contribution in [-0.2, 0) is 27.2 Å². The van der Waals surface area contributed by atoms with Crippen molar-refractivity contribution in [2.24, 2.45) is 0 Å². The van der Waals surface area contributed by atoms with Crippen molar-refractivity contribution >= 4 is 17.7 Å². The maximum absolute atomic E-state index is 13.5. The number of aryl methyl sites for hydroxylation is 1. The second-order valence-electron chi connectivity index (χ2n) is 6.14. The Morgan fingerprint density at radius 2 is 1.74 bits per heavy atom. The highest BCUT2D eigenvalue weighted by atomic mass is 19.1. The molecular formula is C21H22FNO4. The smallest absolute Gasteiger partial charge is 0.310 e. The molecule has 0 radical (unpaired) electrons. The van der Waals surface area contributed by atoms with Crippen molar-refractivity contribution in [2.45, 2.75) is 26.2 Å². The molecule has 0 bridgehead atoms. The van der Waals surface area contributed by atoms with Crippen LogP contribution in [0.1, 0.15) is 34.8 Å². The summed E-state index contributed by atoms with van der Waals surface area (Å²) < 4.78 is 18.5. The molecule has 0 aromatic heterocycles. The van der Waals surface area contributed by atoms with Crippen molar-refractivity contribution in [3.05, 3.63) is 71.0 Å². The third-order valence-electron chi connectivity index (χ3n) is 3.95. The minimum Gasteiger partial charge on any atom is -0.457 e. The Morgan fingerprint density at radius 1 is 1.04 bits per heavy atom. The van der Waals surface area contributed by atoms with Crippen molar-refractivity contribution in [1.29, 1.82) is 0 Å². The van der Waals surface area contributed by atoms with Gasteiger partial charge >= 0.3 is 5.97 Å². The monoisotopic (exact) mass is 371 g/mol. The summed E-state index contributed by atoms with van der Waals surface area (Å²) in [5.41, 5.74) is 1.73. The maximum Gasteiger partial charge on any atom is 0.310 e. The molecule has 142 valence electrons. The maximum atomic E-state index is 13.5. The van der Waals surface area contributed by atoms with Gasteiger partial charge < -0.3 is 10.1 Å². The van der Waals surface area contributed by atoms with E-state index in [4.69, 9.17) is 4.74 Å². The number of nitrogens with one attached hydrogen (secondary N) is 1.